The van der Waals surface area contributed by atoms with Crippen LogP contribution in [0.1, 0.15) is 0 Å². The number of hydrogen-bond acceptors (Lipinski definition) is 0. The topological polar surface area (TPSA) is 14.2 Å². The van der Waals surface area contributed by atoms with E-state index in [0.29, 0.717) is 5.69 Å². The molecule has 2 heterocycles. The van der Waals surface area contributed by atoms with Gasteiger partial charge < -0.3 is 9.13 Å². The van der Waals surface area contributed by atoms with Gasteiger partial charge in [0.05, 0.1) is 34.3 Å². The normalized spacial score (nSPS) is 11.5. The molecule has 2 aromatic heterocycles. The molecule has 0 bridgehead atoms. The van der Waals surface area contributed by atoms with Crippen molar-refractivity contribution in [1.29, 1.82) is 0 Å². The van der Waals surface area contributed by atoms with Gasteiger partial charge in [-0.2, -0.15) is 0 Å². The molecule has 0 N–H and O–H groups in total. The molecule has 6 aromatic carbocycles. The minimum absolute atomic E-state index is 0.639. The average Bonchev–Trinajstić information content (AvgIpc) is 3.54. The van der Waals surface area contributed by atoms with Crippen LogP contribution in [-0.2, 0) is 0 Å². The maximum atomic E-state index is 7.84. The van der Waals surface area contributed by atoms with Crippen molar-refractivity contribution < 1.29 is 0 Å². The van der Waals surface area contributed by atoms with Crippen LogP contribution in [0.25, 0.3) is 71.0 Å². The Morgan fingerprint density at radius 3 is 1.95 bits per heavy atom. The van der Waals surface area contributed by atoms with Gasteiger partial charge in [0, 0.05) is 27.2 Å². The predicted octanol–water partition coefficient (Wildman–Crippen LogP) is 10.1. The van der Waals surface area contributed by atoms with Gasteiger partial charge in [0.2, 0.25) is 5.69 Å². The second-order valence-corrected chi connectivity index (χ2v) is 10.1. The highest BCUT2D eigenvalue weighted by Gasteiger charge is 2.19. The lowest BCUT2D eigenvalue weighted by molar-refractivity contribution is 1.16. The van der Waals surface area contributed by atoms with Crippen molar-refractivity contribution in [1.82, 2.24) is 9.13 Å². The van der Waals surface area contributed by atoms with E-state index >= 15 is 0 Å². The number of aromatic nitrogens is 2. The molecule has 0 aliphatic heterocycles. The lowest BCUT2D eigenvalue weighted by Crippen LogP contribution is -1.97. The molecule has 0 amide bonds. The van der Waals surface area contributed by atoms with Crippen LogP contribution >= 0.6 is 0 Å². The molecule has 0 aliphatic rings. The van der Waals surface area contributed by atoms with Crippen LogP contribution in [-0.4, -0.2) is 9.13 Å². The van der Waals surface area contributed by atoms with Gasteiger partial charge in [-0.15, -0.1) is 0 Å². The Bertz CT molecular complexity index is 2280. The molecule has 0 fully saturated rings. The summed E-state index contributed by atoms with van der Waals surface area (Å²) in [5, 5.41) is 4.83. The fourth-order valence-corrected chi connectivity index (χ4v) is 6.26. The van der Waals surface area contributed by atoms with Crippen molar-refractivity contribution >= 4 is 49.3 Å². The van der Waals surface area contributed by atoms with E-state index in [-0.39, 0.29) is 0 Å². The number of hydrogen-bond donors (Lipinski definition) is 0. The maximum absolute atomic E-state index is 7.84. The van der Waals surface area contributed by atoms with Crippen molar-refractivity contribution in [3.8, 4) is 22.5 Å². The Morgan fingerprint density at radius 2 is 1.12 bits per heavy atom. The van der Waals surface area contributed by atoms with Gasteiger partial charge in [0.1, 0.15) is 0 Å². The summed E-state index contributed by atoms with van der Waals surface area (Å²) in [4.78, 5) is 3.86. The maximum Gasteiger partial charge on any atom is 0.210 e. The molecule has 0 aliphatic carbocycles. The minimum Gasteiger partial charge on any atom is -0.319 e. The van der Waals surface area contributed by atoms with E-state index in [2.05, 4.69) is 129 Å². The molecule has 0 spiro atoms. The molecule has 0 radical (unpaired) electrons. The van der Waals surface area contributed by atoms with Crippen molar-refractivity contribution in [3.05, 3.63) is 151 Å². The van der Waals surface area contributed by atoms with Crippen LogP contribution in [0.3, 0.4) is 0 Å². The molecule has 3 heteroatoms. The lowest BCUT2D eigenvalue weighted by Gasteiger charge is -2.12. The Hall–Kier alpha value is -5.59. The summed E-state index contributed by atoms with van der Waals surface area (Å²) in [5.41, 5.74) is 9.59. The van der Waals surface area contributed by atoms with E-state index in [9.17, 15) is 0 Å². The smallest absolute Gasteiger partial charge is 0.210 e. The van der Waals surface area contributed by atoms with Crippen molar-refractivity contribution in [3.63, 3.8) is 0 Å². The highest BCUT2D eigenvalue weighted by atomic mass is 15.0. The van der Waals surface area contributed by atoms with E-state index in [1.54, 1.807) is 0 Å². The molecule has 3 nitrogen and oxygen atoms in total. The summed E-state index contributed by atoms with van der Waals surface area (Å²) in [6, 6.07) is 48.9. The van der Waals surface area contributed by atoms with E-state index in [1.807, 2.05) is 24.3 Å². The van der Waals surface area contributed by atoms with Crippen LogP contribution in [0.4, 0.5) is 5.69 Å². The first-order chi connectivity index (χ1) is 19.8. The molecule has 186 valence electrons. The van der Waals surface area contributed by atoms with Gasteiger partial charge >= 0.3 is 0 Å². The first-order valence-electron chi connectivity index (χ1n) is 13.4. The van der Waals surface area contributed by atoms with Gasteiger partial charge in [-0.05, 0) is 47.5 Å². The zero-order chi connectivity index (χ0) is 26.6. The molecule has 0 atom stereocenters. The minimum atomic E-state index is 0.639. The molecule has 0 saturated carbocycles. The fraction of sp³-hybridized carbons (Fsp3) is 0. The Morgan fingerprint density at radius 1 is 0.475 bits per heavy atom. The quantitative estimate of drug-likeness (QED) is 0.210. The van der Waals surface area contributed by atoms with Crippen LogP contribution in [0.2, 0.25) is 0 Å². The number of fused-ring (bicyclic) bond motifs is 6. The molecule has 40 heavy (non-hydrogen) atoms. The average molecular weight is 510 g/mol. The van der Waals surface area contributed by atoms with Crippen molar-refractivity contribution in [2.75, 3.05) is 0 Å². The number of benzene rings is 6. The fourth-order valence-electron chi connectivity index (χ4n) is 6.26. The first-order valence-corrected chi connectivity index (χ1v) is 13.4. The van der Waals surface area contributed by atoms with Crippen LogP contribution in [0, 0.1) is 6.57 Å². The second kappa shape index (κ2) is 8.73. The zero-order valence-corrected chi connectivity index (χ0v) is 21.6. The Labute approximate surface area is 231 Å². The second-order valence-electron chi connectivity index (χ2n) is 10.1. The van der Waals surface area contributed by atoms with Crippen LogP contribution in [0.15, 0.2) is 140 Å². The van der Waals surface area contributed by atoms with E-state index in [1.165, 1.54) is 43.7 Å². The monoisotopic (exact) mass is 509 g/mol. The highest BCUT2D eigenvalue weighted by Crippen LogP contribution is 2.40. The molecule has 0 saturated heterocycles. The Kier molecular flexibility index (Phi) is 4.89. The first kappa shape index (κ1) is 22.4. The molecule has 0 unspecified atom stereocenters. The molecular weight excluding hydrogens is 486 g/mol. The summed E-state index contributed by atoms with van der Waals surface area (Å²) in [6.45, 7) is 7.84. The molecule has 8 aromatic rings. The lowest BCUT2D eigenvalue weighted by atomic mass is 9.99. The van der Waals surface area contributed by atoms with E-state index in [0.717, 1.165) is 22.4 Å². The SMILES string of the molecule is [C-]#[N+]c1ccccc1-n1c2ccccc2c2ccc(-n3c4ccccc4c4c(-c5ccccc5)cccc43)cc21. The van der Waals surface area contributed by atoms with E-state index < -0.39 is 0 Å². The van der Waals surface area contributed by atoms with Crippen LogP contribution in [0.5, 0.6) is 0 Å². The van der Waals surface area contributed by atoms with E-state index in [4.69, 9.17) is 6.57 Å². The van der Waals surface area contributed by atoms with Gasteiger partial charge in [-0.3, -0.25) is 0 Å². The standard InChI is InChI=1S/C37H23N3/c1-38-31-17-7-10-20-34(31)40-32-18-8-5-14-28(32)29-23-22-26(24-36(29)40)39-33-19-9-6-15-30(33)37-27(16-11-21-35(37)39)25-12-3-2-4-13-25/h2-24H. The van der Waals surface area contributed by atoms with Crippen molar-refractivity contribution in [2.45, 2.75) is 0 Å². The van der Waals surface area contributed by atoms with Gasteiger partial charge in [-0.25, -0.2) is 4.85 Å². The van der Waals surface area contributed by atoms with Crippen LogP contribution < -0.4 is 0 Å². The number of rotatable bonds is 3. The Balaban J connectivity index is 1.48. The summed E-state index contributed by atoms with van der Waals surface area (Å²) in [7, 11) is 0. The summed E-state index contributed by atoms with van der Waals surface area (Å²) in [5.74, 6) is 0. The van der Waals surface area contributed by atoms with Crippen molar-refractivity contribution in [2.24, 2.45) is 0 Å². The number of para-hydroxylation sites is 4. The number of nitrogens with zero attached hydrogens (tertiary/aromatic N) is 3. The third-order valence-electron chi connectivity index (χ3n) is 7.94. The largest absolute Gasteiger partial charge is 0.319 e. The third-order valence-corrected chi connectivity index (χ3v) is 7.94. The van der Waals surface area contributed by atoms with Gasteiger partial charge in [0.15, 0.2) is 0 Å². The van der Waals surface area contributed by atoms with Gasteiger partial charge in [0.25, 0.3) is 0 Å². The summed E-state index contributed by atoms with van der Waals surface area (Å²) < 4.78 is 4.62. The highest BCUT2D eigenvalue weighted by molar-refractivity contribution is 6.16. The predicted molar refractivity (Wildman–Crippen MR) is 167 cm³/mol. The van der Waals surface area contributed by atoms with Gasteiger partial charge in [-0.1, -0.05) is 103 Å². The molecular formula is C37H23N3. The zero-order valence-electron chi connectivity index (χ0n) is 21.6. The third kappa shape index (κ3) is 3.17. The summed E-state index contributed by atoms with van der Waals surface area (Å²) >= 11 is 0. The summed E-state index contributed by atoms with van der Waals surface area (Å²) in [6.07, 6.45) is 0. The molecule has 8 rings (SSSR count).